The van der Waals surface area contributed by atoms with Crippen LogP contribution in [0.15, 0.2) is 54.7 Å². The van der Waals surface area contributed by atoms with Crippen LogP contribution in [-0.4, -0.2) is 75.8 Å². The van der Waals surface area contributed by atoms with Gasteiger partial charge in [-0.25, -0.2) is 8.78 Å². The number of aliphatic hydroxyl groups is 2. The first-order chi connectivity index (χ1) is 17.9. The second-order valence-electron chi connectivity index (χ2n) is 10.3. The minimum atomic E-state index is -0.684. The number of halogens is 2. The monoisotopic (exact) mass is 509 g/mol. The van der Waals surface area contributed by atoms with Gasteiger partial charge in [-0.05, 0) is 67.1 Å². The summed E-state index contributed by atoms with van der Waals surface area (Å²) >= 11 is 0. The maximum Gasteiger partial charge on any atom is 0.246 e. The van der Waals surface area contributed by atoms with Crippen LogP contribution in [0, 0.1) is 17.6 Å². The summed E-state index contributed by atoms with van der Waals surface area (Å²) in [7, 11) is 0. The number of nitrogens with zero attached hydrogens (tertiary/aromatic N) is 2. The molecule has 0 radical (unpaired) electrons. The van der Waals surface area contributed by atoms with Crippen LogP contribution in [0.3, 0.4) is 0 Å². The fourth-order valence-electron chi connectivity index (χ4n) is 5.79. The van der Waals surface area contributed by atoms with E-state index in [1.807, 2.05) is 24.4 Å². The van der Waals surface area contributed by atoms with Crippen molar-refractivity contribution in [2.45, 2.75) is 37.4 Å². The number of hydrogen-bond acceptors (Lipinski definition) is 4. The normalized spacial score (nSPS) is 22.6. The maximum atomic E-state index is 13.3. The molecule has 1 amide bonds. The highest BCUT2D eigenvalue weighted by Gasteiger charge is 2.33. The van der Waals surface area contributed by atoms with Gasteiger partial charge in [0.2, 0.25) is 5.91 Å². The number of para-hydroxylation sites is 1. The lowest BCUT2D eigenvalue weighted by molar-refractivity contribution is -0.128. The molecule has 2 aromatic carbocycles. The zero-order chi connectivity index (χ0) is 25.9. The summed E-state index contributed by atoms with van der Waals surface area (Å²) in [5, 5.41) is 23.0. The second-order valence-corrected chi connectivity index (χ2v) is 10.3. The van der Waals surface area contributed by atoms with Crippen molar-refractivity contribution in [1.82, 2.24) is 14.8 Å². The van der Waals surface area contributed by atoms with E-state index in [1.165, 1.54) is 24.3 Å². The number of β-amino-alcohol motifs (C(OH)–C–C–N with tert-alkyl or cyclic N) is 2. The van der Waals surface area contributed by atoms with E-state index in [0.29, 0.717) is 44.6 Å². The van der Waals surface area contributed by atoms with Crippen LogP contribution < -0.4 is 0 Å². The third-order valence-electron chi connectivity index (χ3n) is 7.83. The Balaban J connectivity index is 1.09. The quantitative estimate of drug-likeness (QED) is 0.441. The Morgan fingerprint density at radius 2 is 1.81 bits per heavy atom. The Hall–Kier alpha value is -3.07. The van der Waals surface area contributed by atoms with E-state index >= 15 is 0 Å². The highest BCUT2D eigenvalue weighted by Crippen LogP contribution is 2.34. The predicted molar refractivity (Wildman–Crippen MR) is 139 cm³/mol. The number of nitrogens with one attached hydrogen (secondary N) is 1. The molecule has 3 N–H and O–H groups in total. The van der Waals surface area contributed by atoms with Gasteiger partial charge in [0.1, 0.15) is 11.6 Å². The SMILES string of the molecule is O=C(/C=C/c1cc(F)cc(F)c1)N1CCC(C(O)CN2CCC(c3c[nH]c4ccccc34)C(O)C2)CC1. The zero-order valence-corrected chi connectivity index (χ0v) is 20.7. The third-order valence-corrected chi connectivity index (χ3v) is 7.83. The predicted octanol–water partition coefficient (Wildman–Crippen LogP) is 3.91. The van der Waals surface area contributed by atoms with Crippen molar-refractivity contribution in [3.63, 3.8) is 0 Å². The minimum absolute atomic E-state index is 0.0655. The van der Waals surface area contributed by atoms with E-state index in [-0.39, 0.29) is 17.7 Å². The number of piperidine rings is 2. The molecule has 0 aliphatic carbocycles. The van der Waals surface area contributed by atoms with Crippen LogP contribution in [0.4, 0.5) is 8.78 Å². The molecular weight excluding hydrogens is 476 g/mol. The van der Waals surface area contributed by atoms with Gasteiger partial charge in [0.15, 0.2) is 0 Å². The molecule has 3 unspecified atom stereocenters. The first-order valence-electron chi connectivity index (χ1n) is 12.9. The molecule has 1 aromatic heterocycles. The summed E-state index contributed by atoms with van der Waals surface area (Å²) in [5.74, 6) is -1.43. The number of fused-ring (bicyclic) bond motifs is 1. The Labute approximate surface area is 215 Å². The molecule has 2 fully saturated rings. The average Bonchev–Trinajstić information content (AvgIpc) is 3.31. The molecule has 3 aromatic rings. The molecule has 8 heteroatoms. The van der Waals surface area contributed by atoms with Crippen molar-refractivity contribution in [2.75, 3.05) is 32.7 Å². The van der Waals surface area contributed by atoms with Gasteiger partial charge in [0.05, 0.1) is 12.2 Å². The number of amides is 1. The van der Waals surface area contributed by atoms with E-state index in [9.17, 15) is 23.8 Å². The summed E-state index contributed by atoms with van der Waals surface area (Å²) in [4.78, 5) is 19.7. The van der Waals surface area contributed by atoms with Crippen LogP contribution in [0.5, 0.6) is 0 Å². The van der Waals surface area contributed by atoms with Crippen molar-refractivity contribution >= 4 is 22.9 Å². The van der Waals surface area contributed by atoms with Crippen LogP contribution in [0.25, 0.3) is 17.0 Å². The lowest BCUT2D eigenvalue weighted by Crippen LogP contribution is -2.48. The molecule has 2 aliphatic heterocycles. The zero-order valence-electron chi connectivity index (χ0n) is 20.7. The molecule has 0 spiro atoms. The summed E-state index contributed by atoms with van der Waals surface area (Å²) in [6, 6.07) is 11.3. The van der Waals surface area contributed by atoms with E-state index in [0.717, 1.165) is 35.5 Å². The van der Waals surface area contributed by atoms with E-state index in [2.05, 4.69) is 16.0 Å². The number of H-pyrrole nitrogens is 1. The summed E-state index contributed by atoms with van der Waals surface area (Å²) in [5.41, 5.74) is 2.52. The largest absolute Gasteiger partial charge is 0.392 e. The Bertz CT molecular complexity index is 1250. The van der Waals surface area contributed by atoms with Gasteiger partial charge in [0.25, 0.3) is 0 Å². The smallest absolute Gasteiger partial charge is 0.246 e. The van der Waals surface area contributed by atoms with Crippen molar-refractivity contribution in [3.8, 4) is 0 Å². The molecule has 37 heavy (non-hydrogen) atoms. The number of aromatic nitrogens is 1. The Morgan fingerprint density at radius 3 is 2.54 bits per heavy atom. The molecule has 0 saturated carbocycles. The van der Waals surface area contributed by atoms with Crippen LogP contribution >= 0.6 is 0 Å². The first-order valence-corrected chi connectivity index (χ1v) is 12.9. The third kappa shape index (κ3) is 5.92. The number of carbonyl (C=O) groups excluding carboxylic acids is 1. The highest BCUT2D eigenvalue weighted by molar-refractivity contribution is 5.91. The van der Waals surface area contributed by atoms with E-state index in [1.54, 1.807) is 4.90 Å². The second kappa shape index (κ2) is 11.1. The lowest BCUT2D eigenvalue weighted by Gasteiger charge is -2.39. The highest BCUT2D eigenvalue weighted by atomic mass is 19.1. The minimum Gasteiger partial charge on any atom is -0.392 e. The van der Waals surface area contributed by atoms with Gasteiger partial charge < -0.3 is 20.1 Å². The molecule has 2 saturated heterocycles. The summed E-state index contributed by atoms with van der Waals surface area (Å²) in [6.07, 6.45) is 5.92. The van der Waals surface area contributed by atoms with Gasteiger partial charge in [-0.15, -0.1) is 0 Å². The molecule has 196 valence electrons. The summed E-state index contributed by atoms with van der Waals surface area (Å²) < 4.78 is 26.7. The number of rotatable bonds is 6. The maximum absolute atomic E-state index is 13.3. The van der Waals surface area contributed by atoms with Crippen molar-refractivity contribution in [2.24, 2.45) is 5.92 Å². The first kappa shape index (κ1) is 25.6. The number of benzene rings is 2. The lowest BCUT2D eigenvalue weighted by atomic mass is 9.86. The molecule has 5 rings (SSSR count). The van der Waals surface area contributed by atoms with Gasteiger partial charge in [-0.1, -0.05) is 18.2 Å². The number of hydrogen-bond donors (Lipinski definition) is 3. The Morgan fingerprint density at radius 1 is 1.08 bits per heavy atom. The fourth-order valence-corrected chi connectivity index (χ4v) is 5.79. The Kier molecular flexibility index (Phi) is 7.69. The van der Waals surface area contributed by atoms with E-state index < -0.39 is 23.8 Å². The van der Waals surface area contributed by atoms with Gasteiger partial charge in [-0.2, -0.15) is 0 Å². The van der Waals surface area contributed by atoms with Crippen molar-refractivity contribution in [1.29, 1.82) is 0 Å². The molecule has 3 atom stereocenters. The topological polar surface area (TPSA) is 79.8 Å². The molecule has 3 heterocycles. The van der Waals surface area contributed by atoms with Crippen LogP contribution in [0.1, 0.15) is 36.3 Å². The van der Waals surface area contributed by atoms with Crippen LogP contribution in [-0.2, 0) is 4.79 Å². The van der Waals surface area contributed by atoms with E-state index in [4.69, 9.17) is 0 Å². The van der Waals surface area contributed by atoms with Gasteiger partial charge >= 0.3 is 0 Å². The van der Waals surface area contributed by atoms with Gasteiger partial charge in [0, 0.05) is 61.3 Å². The number of likely N-dealkylation sites (tertiary alicyclic amines) is 2. The van der Waals surface area contributed by atoms with Crippen molar-refractivity contribution < 1.29 is 23.8 Å². The average molecular weight is 510 g/mol. The molecule has 0 bridgehead atoms. The number of aromatic amines is 1. The van der Waals surface area contributed by atoms with Crippen LogP contribution in [0.2, 0.25) is 0 Å². The number of carbonyl (C=O) groups is 1. The molecule has 2 aliphatic rings. The van der Waals surface area contributed by atoms with Crippen molar-refractivity contribution in [3.05, 3.63) is 77.5 Å². The summed E-state index contributed by atoms with van der Waals surface area (Å²) in [6.45, 7) is 2.87. The number of aliphatic hydroxyl groups excluding tert-OH is 2. The molecule has 6 nitrogen and oxygen atoms in total. The molecular formula is C29H33F2N3O3. The fraction of sp³-hybridized carbons (Fsp3) is 0.414. The van der Waals surface area contributed by atoms with Gasteiger partial charge in [-0.3, -0.25) is 9.69 Å². The standard InChI is InChI=1S/C29H33F2N3O3/c30-21-13-19(14-22(31)15-21)5-6-29(37)34-11-7-20(8-12-34)27(35)17-33-10-9-24(28(36)18-33)25-16-32-26-4-2-1-3-23(25)26/h1-6,13-16,20,24,27-28,32,35-36H,7-12,17-18H2/b6-5+.